The second-order valence-electron chi connectivity index (χ2n) is 5.40. The minimum Gasteiger partial charge on any atom is -0.480 e. The van der Waals surface area contributed by atoms with Gasteiger partial charge in [0, 0.05) is 22.6 Å². The average molecular weight is 377 g/mol. The van der Waals surface area contributed by atoms with Crippen molar-refractivity contribution >= 4 is 46.6 Å². The van der Waals surface area contributed by atoms with Crippen molar-refractivity contribution in [3.05, 3.63) is 57.7 Å². The molecular weight excluding hydrogens is 364 g/mol. The maximum Gasteiger partial charge on any atom is 0.323 e. The van der Waals surface area contributed by atoms with E-state index in [1.807, 2.05) is 35.9 Å². The first kappa shape index (κ1) is 17.3. The molecule has 0 atom stereocenters. The van der Waals surface area contributed by atoms with Crippen LogP contribution in [0.1, 0.15) is 11.3 Å². The summed E-state index contributed by atoms with van der Waals surface area (Å²) in [5.41, 5.74) is 2.45. The molecule has 2 aromatic rings. The van der Waals surface area contributed by atoms with Crippen molar-refractivity contribution in [1.82, 2.24) is 9.47 Å². The standard InChI is InChI=1S/C17H13ClN2O4S/c1-10-4-5-12(7-13(10)18)19-6-2-3-11(19)8-14-16(23)20(9-15(21)22)17(24)25-14/h2-8H,9H2,1H3,(H,21,22)/b14-8-. The van der Waals surface area contributed by atoms with E-state index in [2.05, 4.69) is 0 Å². The van der Waals surface area contributed by atoms with Gasteiger partial charge in [-0.05, 0) is 54.6 Å². The molecule has 1 aliphatic rings. The van der Waals surface area contributed by atoms with E-state index in [0.717, 1.165) is 27.9 Å². The Morgan fingerprint density at radius 2 is 2.08 bits per heavy atom. The minimum absolute atomic E-state index is 0.185. The van der Waals surface area contributed by atoms with Gasteiger partial charge in [-0.3, -0.25) is 19.3 Å². The number of aryl methyl sites for hydroxylation is 1. The SMILES string of the molecule is Cc1ccc(-n2cccc2/C=C2\SC(=O)N(CC(=O)O)C2=O)cc1Cl. The van der Waals surface area contributed by atoms with Crippen molar-refractivity contribution in [2.45, 2.75) is 6.92 Å². The van der Waals surface area contributed by atoms with Gasteiger partial charge in [0.15, 0.2) is 0 Å². The molecule has 1 aromatic carbocycles. The van der Waals surface area contributed by atoms with Gasteiger partial charge in [0.05, 0.1) is 4.91 Å². The molecule has 1 aliphatic heterocycles. The van der Waals surface area contributed by atoms with E-state index >= 15 is 0 Å². The lowest BCUT2D eigenvalue weighted by Crippen LogP contribution is -2.33. The van der Waals surface area contributed by atoms with E-state index in [1.54, 1.807) is 18.2 Å². The van der Waals surface area contributed by atoms with Crippen molar-refractivity contribution in [2.75, 3.05) is 6.54 Å². The van der Waals surface area contributed by atoms with Crippen molar-refractivity contribution in [1.29, 1.82) is 0 Å². The number of carboxylic acids is 1. The highest BCUT2D eigenvalue weighted by Crippen LogP contribution is 2.32. The number of imide groups is 1. The number of carboxylic acid groups (broad SMARTS) is 1. The number of aromatic nitrogens is 1. The maximum atomic E-state index is 12.2. The summed E-state index contributed by atoms with van der Waals surface area (Å²) in [6.07, 6.45) is 3.38. The molecule has 0 saturated carbocycles. The zero-order chi connectivity index (χ0) is 18.1. The molecule has 25 heavy (non-hydrogen) atoms. The lowest BCUT2D eigenvalue weighted by atomic mass is 10.2. The van der Waals surface area contributed by atoms with Crippen LogP contribution in [-0.2, 0) is 9.59 Å². The van der Waals surface area contributed by atoms with Gasteiger partial charge in [0.2, 0.25) is 0 Å². The number of hydrogen-bond donors (Lipinski definition) is 1. The number of benzene rings is 1. The third-order valence-corrected chi connectivity index (χ3v) is 4.97. The number of hydrogen-bond acceptors (Lipinski definition) is 4. The highest BCUT2D eigenvalue weighted by molar-refractivity contribution is 8.18. The van der Waals surface area contributed by atoms with Crippen LogP contribution in [0.5, 0.6) is 0 Å². The summed E-state index contributed by atoms with van der Waals surface area (Å²) in [6.45, 7) is 1.26. The van der Waals surface area contributed by atoms with Crippen LogP contribution in [-0.4, -0.2) is 38.2 Å². The summed E-state index contributed by atoms with van der Waals surface area (Å²) in [6, 6.07) is 9.20. The molecule has 1 fully saturated rings. The molecule has 8 heteroatoms. The molecule has 1 aromatic heterocycles. The van der Waals surface area contributed by atoms with E-state index in [9.17, 15) is 14.4 Å². The van der Waals surface area contributed by atoms with E-state index < -0.39 is 23.7 Å². The fourth-order valence-electron chi connectivity index (χ4n) is 2.38. The highest BCUT2D eigenvalue weighted by atomic mass is 35.5. The van der Waals surface area contributed by atoms with Gasteiger partial charge in [-0.25, -0.2) is 0 Å². The lowest BCUT2D eigenvalue weighted by Gasteiger charge is -2.09. The van der Waals surface area contributed by atoms with Crippen molar-refractivity contribution in [2.24, 2.45) is 0 Å². The molecule has 2 amide bonds. The first-order valence-electron chi connectivity index (χ1n) is 7.28. The van der Waals surface area contributed by atoms with Crippen LogP contribution in [0.15, 0.2) is 41.4 Å². The van der Waals surface area contributed by atoms with Crippen LogP contribution in [0.4, 0.5) is 4.79 Å². The van der Waals surface area contributed by atoms with Gasteiger partial charge in [0.1, 0.15) is 6.54 Å². The van der Waals surface area contributed by atoms with Gasteiger partial charge in [-0.2, -0.15) is 0 Å². The van der Waals surface area contributed by atoms with E-state index in [-0.39, 0.29) is 4.91 Å². The van der Waals surface area contributed by atoms with E-state index in [1.165, 1.54) is 0 Å². The third kappa shape index (κ3) is 3.47. The van der Waals surface area contributed by atoms with E-state index in [4.69, 9.17) is 16.7 Å². The second kappa shape index (κ2) is 6.78. The summed E-state index contributed by atoms with van der Waals surface area (Å²) < 4.78 is 1.83. The number of aliphatic carboxylic acids is 1. The molecule has 0 aliphatic carbocycles. The summed E-state index contributed by atoms with van der Waals surface area (Å²) in [5.74, 6) is -1.84. The van der Waals surface area contributed by atoms with Crippen molar-refractivity contribution in [3.63, 3.8) is 0 Å². The molecule has 0 bridgehead atoms. The largest absolute Gasteiger partial charge is 0.480 e. The summed E-state index contributed by atoms with van der Waals surface area (Å²) in [7, 11) is 0. The Morgan fingerprint density at radius 1 is 1.32 bits per heavy atom. The lowest BCUT2D eigenvalue weighted by molar-refractivity contribution is -0.140. The third-order valence-electron chi connectivity index (χ3n) is 3.66. The van der Waals surface area contributed by atoms with Crippen LogP contribution in [0.2, 0.25) is 5.02 Å². The minimum atomic E-state index is -1.23. The molecule has 2 heterocycles. The molecule has 1 saturated heterocycles. The Bertz CT molecular complexity index is 919. The number of carbonyl (C=O) groups is 3. The molecule has 128 valence electrons. The maximum absolute atomic E-state index is 12.2. The van der Waals surface area contributed by atoms with Crippen molar-refractivity contribution < 1.29 is 19.5 Å². The summed E-state index contributed by atoms with van der Waals surface area (Å²) in [5, 5.41) is 8.84. The van der Waals surface area contributed by atoms with Crippen LogP contribution < -0.4 is 0 Å². The first-order valence-corrected chi connectivity index (χ1v) is 8.47. The van der Waals surface area contributed by atoms with Gasteiger partial charge in [0.25, 0.3) is 11.1 Å². The predicted molar refractivity (Wildman–Crippen MR) is 95.8 cm³/mol. The molecule has 0 spiro atoms. The normalized spacial score (nSPS) is 16.1. The smallest absolute Gasteiger partial charge is 0.323 e. The first-order chi connectivity index (χ1) is 11.9. The molecule has 0 unspecified atom stereocenters. The summed E-state index contributed by atoms with van der Waals surface area (Å²) >= 11 is 6.90. The fraction of sp³-hybridized carbons (Fsp3) is 0.118. The number of nitrogens with zero attached hydrogens (tertiary/aromatic N) is 2. The van der Waals surface area contributed by atoms with Crippen molar-refractivity contribution in [3.8, 4) is 5.69 Å². The Balaban J connectivity index is 1.94. The zero-order valence-electron chi connectivity index (χ0n) is 13.1. The number of carbonyl (C=O) groups excluding carboxylic acids is 2. The average Bonchev–Trinajstić information content (AvgIpc) is 3.10. The van der Waals surface area contributed by atoms with Crippen LogP contribution in [0.25, 0.3) is 11.8 Å². The monoisotopic (exact) mass is 376 g/mol. The predicted octanol–water partition coefficient (Wildman–Crippen LogP) is 3.56. The van der Waals surface area contributed by atoms with Crippen LogP contribution >= 0.6 is 23.4 Å². The van der Waals surface area contributed by atoms with Gasteiger partial charge in [-0.15, -0.1) is 0 Å². The topological polar surface area (TPSA) is 79.6 Å². The van der Waals surface area contributed by atoms with Gasteiger partial charge in [-0.1, -0.05) is 17.7 Å². The second-order valence-corrected chi connectivity index (χ2v) is 6.80. The van der Waals surface area contributed by atoms with Gasteiger partial charge >= 0.3 is 5.97 Å². The Labute approximate surface area is 152 Å². The highest BCUT2D eigenvalue weighted by Gasteiger charge is 2.36. The number of thioether (sulfide) groups is 1. The number of amides is 2. The number of halogens is 1. The molecular formula is C17H13ClN2O4S. The zero-order valence-corrected chi connectivity index (χ0v) is 14.7. The Kier molecular flexibility index (Phi) is 4.69. The molecule has 0 radical (unpaired) electrons. The Hall–Kier alpha value is -2.51. The molecule has 3 rings (SSSR count). The Morgan fingerprint density at radius 3 is 2.76 bits per heavy atom. The molecule has 1 N–H and O–H groups in total. The van der Waals surface area contributed by atoms with Crippen LogP contribution in [0, 0.1) is 6.92 Å². The number of rotatable bonds is 4. The summed E-state index contributed by atoms with van der Waals surface area (Å²) in [4.78, 5) is 35.8. The fourth-order valence-corrected chi connectivity index (χ4v) is 3.38. The van der Waals surface area contributed by atoms with Crippen LogP contribution in [0.3, 0.4) is 0 Å². The van der Waals surface area contributed by atoms with E-state index in [0.29, 0.717) is 10.7 Å². The van der Waals surface area contributed by atoms with Gasteiger partial charge < -0.3 is 9.67 Å². The quantitative estimate of drug-likeness (QED) is 0.825. The molecule has 6 nitrogen and oxygen atoms in total.